The van der Waals surface area contributed by atoms with Gasteiger partial charge in [0.2, 0.25) is 0 Å². The van der Waals surface area contributed by atoms with Gasteiger partial charge in [0, 0.05) is 5.56 Å². The van der Waals surface area contributed by atoms with Crippen LogP contribution in [0.25, 0.3) is 27.1 Å². The van der Waals surface area contributed by atoms with Crippen molar-refractivity contribution in [1.82, 2.24) is 0 Å². The average Bonchev–Trinajstić information content (AvgIpc) is 2.89. The molecule has 0 saturated carbocycles. The van der Waals surface area contributed by atoms with Gasteiger partial charge in [-0.2, -0.15) is 0 Å². The first-order valence-electron chi connectivity index (χ1n) is 6.20. The molecule has 0 saturated heterocycles. The summed E-state index contributed by atoms with van der Waals surface area (Å²) in [5.41, 5.74) is 9.96. The summed E-state index contributed by atoms with van der Waals surface area (Å²) in [6.45, 7) is 7.15. The number of nitrogen functional groups attached to an aromatic ring is 1. The monoisotopic (exact) mass is 260 g/mol. The first-order valence-corrected chi connectivity index (χ1v) is 6.20. The van der Waals surface area contributed by atoms with E-state index < -0.39 is 0 Å². The van der Waals surface area contributed by atoms with Crippen molar-refractivity contribution in [3.63, 3.8) is 0 Å². The Morgan fingerprint density at radius 1 is 0.850 bits per heavy atom. The fourth-order valence-corrected chi connectivity index (χ4v) is 2.16. The predicted octanol–water partition coefficient (Wildman–Crippen LogP) is 4.75. The van der Waals surface area contributed by atoms with E-state index in [9.17, 15) is 0 Å². The maximum atomic E-state index is 7.15. The van der Waals surface area contributed by atoms with Crippen LogP contribution >= 0.6 is 0 Å². The molecule has 0 atom stereocenters. The summed E-state index contributed by atoms with van der Waals surface area (Å²) in [5, 5.41) is 0. The maximum Gasteiger partial charge on any atom is 0.255 e. The highest BCUT2D eigenvalue weighted by atomic mass is 16.3. The molecule has 1 aromatic heterocycles. The maximum absolute atomic E-state index is 7.15. The van der Waals surface area contributed by atoms with Crippen LogP contribution in [0.15, 0.2) is 65.3 Å². The molecule has 0 radical (unpaired) electrons. The third-order valence-electron chi connectivity index (χ3n) is 3.21. The zero-order valence-electron chi connectivity index (χ0n) is 10.7. The molecule has 0 unspecified atom stereocenters. The third kappa shape index (κ3) is 2.04. The molecule has 0 amide bonds. The van der Waals surface area contributed by atoms with Gasteiger partial charge >= 0.3 is 0 Å². The summed E-state index contributed by atoms with van der Waals surface area (Å²) in [6, 6.07) is 18.2. The van der Waals surface area contributed by atoms with Crippen LogP contribution in [-0.2, 0) is 0 Å². The zero-order valence-corrected chi connectivity index (χ0v) is 10.7. The molecule has 20 heavy (non-hydrogen) atoms. The Morgan fingerprint density at radius 3 is 2.10 bits per heavy atom. The summed E-state index contributed by atoms with van der Waals surface area (Å²) in [4.78, 5) is 3.42. The van der Waals surface area contributed by atoms with Crippen LogP contribution in [-0.4, -0.2) is 0 Å². The van der Waals surface area contributed by atoms with Gasteiger partial charge in [0.05, 0.1) is 12.8 Å². The molecule has 0 aliphatic carbocycles. The second-order valence-corrected chi connectivity index (χ2v) is 4.42. The van der Waals surface area contributed by atoms with E-state index in [-0.39, 0.29) is 5.88 Å². The van der Waals surface area contributed by atoms with Crippen LogP contribution in [0.1, 0.15) is 0 Å². The molecule has 3 aromatic rings. The number of benzene rings is 2. The van der Waals surface area contributed by atoms with Crippen molar-refractivity contribution in [1.29, 1.82) is 0 Å². The third-order valence-corrected chi connectivity index (χ3v) is 3.21. The van der Waals surface area contributed by atoms with Gasteiger partial charge < -0.3 is 10.2 Å². The van der Waals surface area contributed by atoms with Crippen LogP contribution in [0.4, 0.5) is 11.6 Å². The van der Waals surface area contributed by atoms with Crippen molar-refractivity contribution in [3.05, 3.63) is 72.3 Å². The van der Waals surface area contributed by atoms with Crippen LogP contribution < -0.4 is 5.73 Å². The predicted molar refractivity (Wildman–Crippen MR) is 80.3 cm³/mol. The second kappa shape index (κ2) is 4.94. The molecule has 1 heterocycles. The SMILES string of the molecule is [C-]#[N+]c1c(-c2ccc(-c3ccccc3)cc2)coc1N. The minimum absolute atomic E-state index is 0.169. The summed E-state index contributed by atoms with van der Waals surface area (Å²) in [6.07, 6.45) is 1.53. The molecule has 0 aliphatic rings. The highest BCUT2D eigenvalue weighted by Crippen LogP contribution is 2.37. The van der Waals surface area contributed by atoms with Gasteiger partial charge in [0.15, 0.2) is 5.88 Å². The molecule has 0 spiro atoms. The van der Waals surface area contributed by atoms with Crippen molar-refractivity contribution < 1.29 is 4.42 Å². The van der Waals surface area contributed by atoms with Crippen LogP contribution in [0.5, 0.6) is 0 Å². The number of hydrogen-bond acceptors (Lipinski definition) is 2. The normalized spacial score (nSPS) is 10.2. The topological polar surface area (TPSA) is 43.5 Å². The van der Waals surface area contributed by atoms with Crippen molar-refractivity contribution in [2.24, 2.45) is 0 Å². The average molecular weight is 260 g/mol. The van der Waals surface area contributed by atoms with Crippen LogP contribution in [0, 0.1) is 6.57 Å². The van der Waals surface area contributed by atoms with Gasteiger partial charge in [-0.1, -0.05) is 54.6 Å². The van der Waals surface area contributed by atoms with Crippen molar-refractivity contribution in [2.45, 2.75) is 0 Å². The molecule has 0 bridgehead atoms. The van der Waals surface area contributed by atoms with E-state index in [1.807, 2.05) is 42.5 Å². The first kappa shape index (κ1) is 12.1. The van der Waals surface area contributed by atoms with Crippen LogP contribution in [0.2, 0.25) is 0 Å². The molecular formula is C17H12N2O. The molecule has 2 aromatic carbocycles. The Kier molecular flexibility index (Phi) is 2.98. The standard InChI is InChI=1S/C17H12N2O/c1-19-16-15(11-20-17(16)18)14-9-7-13(8-10-14)12-5-3-2-4-6-12/h2-11H,18H2. The van der Waals surface area contributed by atoms with E-state index >= 15 is 0 Å². The van der Waals surface area contributed by atoms with E-state index in [2.05, 4.69) is 17.0 Å². The fourth-order valence-electron chi connectivity index (χ4n) is 2.16. The number of anilines is 1. The van der Waals surface area contributed by atoms with E-state index in [4.69, 9.17) is 16.7 Å². The lowest BCUT2D eigenvalue weighted by molar-refractivity contribution is 0.589. The lowest BCUT2D eigenvalue weighted by Crippen LogP contribution is -1.80. The molecule has 96 valence electrons. The van der Waals surface area contributed by atoms with E-state index in [0.717, 1.165) is 22.3 Å². The van der Waals surface area contributed by atoms with Gasteiger partial charge in [-0.3, -0.25) is 0 Å². The first-order chi connectivity index (χ1) is 9.79. The Bertz CT molecular complexity index is 765. The molecule has 2 N–H and O–H groups in total. The van der Waals surface area contributed by atoms with E-state index in [1.54, 1.807) is 0 Å². The Labute approximate surface area is 117 Å². The van der Waals surface area contributed by atoms with Crippen LogP contribution in [0.3, 0.4) is 0 Å². The van der Waals surface area contributed by atoms with E-state index in [0.29, 0.717) is 5.69 Å². The number of nitrogens with zero attached hydrogens (tertiary/aromatic N) is 1. The minimum Gasteiger partial charge on any atom is -0.460 e. The van der Waals surface area contributed by atoms with Gasteiger partial charge in [0.1, 0.15) is 0 Å². The molecule has 3 rings (SSSR count). The number of hydrogen-bond donors (Lipinski definition) is 1. The molecular weight excluding hydrogens is 248 g/mol. The number of nitrogens with two attached hydrogens (primary N) is 1. The molecule has 0 fully saturated rings. The van der Waals surface area contributed by atoms with Gasteiger partial charge in [-0.05, 0) is 16.7 Å². The second-order valence-electron chi connectivity index (χ2n) is 4.42. The highest BCUT2D eigenvalue weighted by Gasteiger charge is 2.12. The Hall–Kier alpha value is -2.99. The van der Waals surface area contributed by atoms with E-state index in [1.165, 1.54) is 6.26 Å². The molecule has 3 heteroatoms. The lowest BCUT2D eigenvalue weighted by Gasteiger charge is -2.03. The number of furan rings is 1. The van der Waals surface area contributed by atoms with Gasteiger partial charge in [-0.15, -0.1) is 0 Å². The van der Waals surface area contributed by atoms with Gasteiger partial charge in [-0.25, -0.2) is 4.85 Å². The van der Waals surface area contributed by atoms with Crippen molar-refractivity contribution in [2.75, 3.05) is 5.73 Å². The summed E-state index contributed by atoms with van der Waals surface area (Å²) < 4.78 is 5.12. The molecule has 3 nitrogen and oxygen atoms in total. The Balaban J connectivity index is 2.00. The fraction of sp³-hybridized carbons (Fsp3) is 0. The Morgan fingerprint density at radius 2 is 1.45 bits per heavy atom. The summed E-state index contributed by atoms with van der Waals surface area (Å²) >= 11 is 0. The highest BCUT2D eigenvalue weighted by molar-refractivity contribution is 5.85. The largest absolute Gasteiger partial charge is 0.460 e. The minimum atomic E-state index is 0.169. The van der Waals surface area contributed by atoms with Crippen molar-refractivity contribution >= 4 is 11.6 Å². The summed E-state index contributed by atoms with van der Waals surface area (Å²) in [5.74, 6) is 0.169. The lowest BCUT2D eigenvalue weighted by atomic mass is 10.0. The smallest absolute Gasteiger partial charge is 0.255 e. The quantitative estimate of drug-likeness (QED) is 0.676. The number of rotatable bonds is 2. The van der Waals surface area contributed by atoms with Crippen molar-refractivity contribution in [3.8, 4) is 22.3 Å². The summed E-state index contributed by atoms with van der Waals surface area (Å²) in [7, 11) is 0. The zero-order chi connectivity index (χ0) is 13.9. The molecule has 0 aliphatic heterocycles. The van der Waals surface area contributed by atoms with Gasteiger partial charge in [0.25, 0.3) is 5.69 Å².